The quantitative estimate of drug-likeness (QED) is 0.858. The van der Waals surface area contributed by atoms with Crippen LogP contribution in [0.1, 0.15) is 13.3 Å². The number of ether oxygens (including phenoxy) is 1. The van der Waals surface area contributed by atoms with Gasteiger partial charge in [-0.2, -0.15) is 0 Å². The van der Waals surface area contributed by atoms with Crippen molar-refractivity contribution in [3.05, 3.63) is 24.0 Å². The van der Waals surface area contributed by atoms with E-state index in [9.17, 15) is 9.18 Å². The lowest BCUT2D eigenvalue weighted by atomic mass is 10.1. The van der Waals surface area contributed by atoms with Gasteiger partial charge in [0.1, 0.15) is 11.6 Å². The average Bonchev–Trinajstić information content (AvgIpc) is 2.86. The van der Waals surface area contributed by atoms with Crippen molar-refractivity contribution in [1.29, 1.82) is 0 Å². The maximum absolute atomic E-state index is 13.1. The van der Waals surface area contributed by atoms with Crippen LogP contribution >= 0.6 is 0 Å². The third-order valence-corrected chi connectivity index (χ3v) is 2.93. The number of nitrogens with one attached hydrogen (secondary N) is 2. The second-order valence-electron chi connectivity index (χ2n) is 4.25. The molecule has 1 fully saturated rings. The molecule has 0 aliphatic carbocycles. The normalized spacial score (nSPS) is 18.7. The molecule has 0 spiro atoms. The molecule has 4 nitrogen and oxygen atoms in total. The molecule has 1 aliphatic heterocycles. The van der Waals surface area contributed by atoms with Gasteiger partial charge in [-0.3, -0.25) is 4.79 Å². The van der Waals surface area contributed by atoms with E-state index in [-0.39, 0.29) is 17.6 Å². The Hall–Kier alpha value is -1.62. The molecular formula is C13H17FN2O2. The molecule has 1 aromatic rings. The summed E-state index contributed by atoms with van der Waals surface area (Å²) in [4.78, 5) is 12.0. The molecule has 1 heterocycles. The molecule has 2 rings (SSSR count). The maximum atomic E-state index is 13.1. The molecule has 1 aliphatic rings. The predicted octanol–water partition coefficient (Wildman–Crippen LogP) is 1.77. The highest BCUT2D eigenvalue weighted by molar-refractivity contribution is 5.94. The molecule has 0 radical (unpaired) electrons. The zero-order valence-corrected chi connectivity index (χ0v) is 10.3. The van der Waals surface area contributed by atoms with E-state index in [1.165, 1.54) is 18.2 Å². The van der Waals surface area contributed by atoms with Gasteiger partial charge in [0.25, 0.3) is 0 Å². The lowest BCUT2D eigenvalue weighted by molar-refractivity contribution is -0.119. The molecule has 1 aromatic carbocycles. The number of amides is 1. The first-order valence-corrected chi connectivity index (χ1v) is 6.14. The molecule has 0 bridgehead atoms. The Balaban J connectivity index is 2.09. The number of hydrogen-bond acceptors (Lipinski definition) is 3. The highest BCUT2D eigenvalue weighted by atomic mass is 19.1. The Bertz CT molecular complexity index is 431. The van der Waals surface area contributed by atoms with Crippen LogP contribution in [-0.4, -0.2) is 25.6 Å². The summed E-state index contributed by atoms with van der Waals surface area (Å²) in [6.45, 7) is 3.80. The van der Waals surface area contributed by atoms with E-state index in [1.807, 2.05) is 6.92 Å². The summed E-state index contributed by atoms with van der Waals surface area (Å²) in [6, 6.07) is 4.12. The summed E-state index contributed by atoms with van der Waals surface area (Å²) in [5.41, 5.74) is 0.523. The van der Waals surface area contributed by atoms with E-state index < -0.39 is 0 Å². The highest BCUT2D eigenvalue weighted by Gasteiger charge is 2.23. The molecular weight excluding hydrogens is 235 g/mol. The standard InChI is InChI=1S/C13H17FN2O2/c1-2-18-12-7-10(14)3-4-11(12)16-13(17)9-5-6-15-8-9/h3-4,7,9,15H,2,5-6,8H2,1H3,(H,16,17). The maximum Gasteiger partial charge on any atom is 0.228 e. The average molecular weight is 252 g/mol. The number of hydrogen-bond donors (Lipinski definition) is 2. The van der Waals surface area contributed by atoms with Gasteiger partial charge in [-0.1, -0.05) is 0 Å². The topological polar surface area (TPSA) is 50.4 Å². The molecule has 1 saturated heterocycles. The number of carbonyl (C=O) groups is 1. The first-order chi connectivity index (χ1) is 8.70. The Morgan fingerprint density at radius 2 is 2.44 bits per heavy atom. The molecule has 0 saturated carbocycles. The molecule has 18 heavy (non-hydrogen) atoms. The van der Waals surface area contributed by atoms with Crippen LogP contribution in [0.5, 0.6) is 5.75 Å². The van der Waals surface area contributed by atoms with Crippen LogP contribution in [-0.2, 0) is 4.79 Å². The molecule has 1 amide bonds. The summed E-state index contributed by atoms with van der Waals surface area (Å²) in [5.74, 6) is -0.0760. The number of rotatable bonds is 4. The molecule has 1 atom stereocenters. The predicted molar refractivity (Wildman–Crippen MR) is 67.2 cm³/mol. The Kier molecular flexibility index (Phi) is 4.15. The first kappa shape index (κ1) is 12.8. The van der Waals surface area contributed by atoms with Gasteiger partial charge >= 0.3 is 0 Å². The monoisotopic (exact) mass is 252 g/mol. The van der Waals surface area contributed by atoms with Crippen LogP contribution in [0.15, 0.2) is 18.2 Å². The van der Waals surface area contributed by atoms with Crippen molar-refractivity contribution in [2.75, 3.05) is 25.0 Å². The summed E-state index contributed by atoms with van der Waals surface area (Å²) in [6.07, 6.45) is 0.830. The summed E-state index contributed by atoms with van der Waals surface area (Å²) in [5, 5.41) is 5.93. The van der Waals surface area contributed by atoms with Crippen molar-refractivity contribution in [2.24, 2.45) is 5.92 Å². The minimum absolute atomic E-state index is 0.0236. The van der Waals surface area contributed by atoms with Gasteiger partial charge in [0, 0.05) is 12.6 Å². The minimum Gasteiger partial charge on any atom is -0.492 e. The minimum atomic E-state index is -0.376. The zero-order chi connectivity index (χ0) is 13.0. The fraction of sp³-hybridized carbons (Fsp3) is 0.462. The molecule has 2 N–H and O–H groups in total. The number of anilines is 1. The Morgan fingerprint density at radius 1 is 1.61 bits per heavy atom. The summed E-state index contributed by atoms with van der Waals surface area (Å²) in [7, 11) is 0. The Morgan fingerprint density at radius 3 is 3.11 bits per heavy atom. The van der Waals surface area contributed by atoms with E-state index in [0.717, 1.165) is 13.0 Å². The number of benzene rings is 1. The molecule has 1 unspecified atom stereocenters. The van der Waals surface area contributed by atoms with Crippen molar-refractivity contribution >= 4 is 11.6 Å². The van der Waals surface area contributed by atoms with Crippen LogP contribution in [0.25, 0.3) is 0 Å². The highest BCUT2D eigenvalue weighted by Crippen LogP contribution is 2.26. The van der Waals surface area contributed by atoms with E-state index in [1.54, 1.807) is 0 Å². The molecule has 5 heteroatoms. The van der Waals surface area contributed by atoms with Crippen LogP contribution in [0, 0.1) is 11.7 Å². The van der Waals surface area contributed by atoms with E-state index in [2.05, 4.69) is 10.6 Å². The Labute approximate surface area is 106 Å². The van der Waals surface area contributed by atoms with Crippen LogP contribution in [0.3, 0.4) is 0 Å². The second kappa shape index (κ2) is 5.82. The fourth-order valence-electron chi connectivity index (χ4n) is 1.99. The van der Waals surface area contributed by atoms with E-state index >= 15 is 0 Å². The van der Waals surface area contributed by atoms with E-state index in [4.69, 9.17) is 4.74 Å². The summed E-state index contributed by atoms with van der Waals surface area (Å²) < 4.78 is 18.4. The smallest absolute Gasteiger partial charge is 0.228 e. The third kappa shape index (κ3) is 2.98. The van der Waals surface area contributed by atoms with Gasteiger partial charge in [0.15, 0.2) is 0 Å². The van der Waals surface area contributed by atoms with Crippen molar-refractivity contribution in [2.45, 2.75) is 13.3 Å². The van der Waals surface area contributed by atoms with Gasteiger partial charge in [-0.15, -0.1) is 0 Å². The number of halogens is 1. The largest absolute Gasteiger partial charge is 0.492 e. The van der Waals surface area contributed by atoms with Crippen molar-refractivity contribution < 1.29 is 13.9 Å². The van der Waals surface area contributed by atoms with Crippen molar-refractivity contribution in [3.63, 3.8) is 0 Å². The van der Waals surface area contributed by atoms with Gasteiger partial charge in [0.2, 0.25) is 5.91 Å². The third-order valence-electron chi connectivity index (χ3n) is 2.93. The van der Waals surface area contributed by atoms with Crippen LogP contribution in [0.4, 0.5) is 10.1 Å². The zero-order valence-electron chi connectivity index (χ0n) is 10.3. The SMILES string of the molecule is CCOc1cc(F)ccc1NC(=O)C1CCNC1. The van der Waals surface area contributed by atoms with Gasteiger partial charge in [0.05, 0.1) is 18.2 Å². The molecule has 98 valence electrons. The van der Waals surface area contributed by atoms with Gasteiger partial charge < -0.3 is 15.4 Å². The lowest BCUT2D eigenvalue weighted by Gasteiger charge is -2.13. The second-order valence-corrected chi connectivity index (χ2v) is 4.25. The van der Waals surface area contributed by atoms with Gasteiger partial charge in [-0.05, 0) is 32.0 Å². The summed E-state index contributed by atoms with van der Waals surface area (Å²) >= 11 is 0. The lowest BCUT2D eigenvalue weighted by Crippen LogP contribution is -2.24. The number of carbonyl (C=O) groups excluding carboxylic acids is 1. The van der Waals surface area contributed by atoms with E-state index in [0.29, 0.717) is 24.6 Å². The fourth-order valence-corrected chi connectivity index (χ4v) is 1.99. The van der Waals surface area contributed by atoms with Crippen LogP contribution < -0.4 is 15.4 Å². The first-order valence-electron chi connectivity index (χ1n) is 6.14. The van der Waals surface area contributed by atoms with Gasteiger partial charge in [-0.25, -0.2) is 4.39 Å². The molecule has 0 aromatic heterocycles. The van der Waals surface area contributed by atoms with Crippen molar-refractivity contribution in [3.8, 4) is 5.75 Å². The van der Waals surface area contributed by atoms with Crippen molar-refractivity contribution in [1.82, 2.24) is 5.32 Å². The van der Waals surface area contributed by atoms with Crippen LogP contribution in [0.2, 0.25) is 0 Å².